The molecule has 0 saturated heterocycles. The largest absolute Gasteiger partial charge is 0.508 e. The molecule has 16 heavy (non-hydrogen) atoms. The number of phenolic OH excluding ortho intramolecular Hbond substituents is 1. The average Bonchev–Trinajstić information content (AvgIpc) is 2.20. The van der Waals surface area contributed by atoms with Crippen LogP contribution in [-0.4, -0.2) is 22.0 Å². The molecular formula is C9H11N3O4. The second-order valence-corrected chi connectivity index (χ2v) is 3.24. The van der Waals surface area contributed by atoms with Crippen LogP contribution < -0.4 is 11.1 Å². The summed E-state index contributed by atoms with van der Waals surface area (Å²) in [6, 6.07) is 2.67. The normalized spacial score (nSPS) is 11.9. The average molecular weight is 225 g/mol. The summed E-state index contributed by atoms with van der Waals surface area (Å²) >= 11 is 0. The number of nitro benzene ring substituents is 1. The fourth-order valence-corrected chi connectivity index (χ4v) is 1.02. The van der Waals surface area contributed by atoms with Gasteiger partial charge >= 0.3 is 0 Å². The maximum absolute atomic E-state index is 11.3. The molecule has 1 atom stereocenters. The van der Waals surface area contributed by atoms with Crippen LogP contribution in [0.25, 0.3) is 0 Å². The number of phenols is 1. The van der Waals surface area contributed by atoms with Gasteiger partial charge in [0.25, 0.3) is 5.69 Å². The van der Waals surface area contributed by atoms with Crippen LogP contribution in [0, 0.1) is 10.1 Å². The number of anilines is 1. The summed E-state index contributed by atoms with van der Waals surface area (Å²) in [5, 5.41) is 22.0. The van der Waals surface area contributed by atoms with E-state index in [2.05, 4.69) is 5.32 Å². The summed E-state index contributed by atoms with van der Waals surface area (Å²) in [4.78, 5) is 21.2. The Labute approximate surface area is 91.0 Å². The lowest BCUT2D eigenvalue weighted by molar-refractivity contribution is -0.384. The Bertz CT molecular complexity index is 431. The van der Waals surface area contributed by atoms with E-state index in [1.807, 2.05) is 0 Å². The molecule has 0 aromatic heterocycles. The minimum Gasteiger partial charge on any atom is -0.508 e. The highest BCUT2D eigenvalue weighted by molar-refractivity contribution is 5.96. The molecule has 4 N–H and O–H groups in total. The molecule has 7 heteroatoms. The number of nitro groups is 1. The van der Waals surface area contributed by atoms with Gasteiger partial charge in [0.05, 0.1) is 17.0 Å². The molecule has 0 bridgehead atoms. The first kappa shape index (κ1) is 11.9. The van der Waals surface area contributed by atoms with Gasteiger partial charge in [0, 0.05) is 0 Å². The van der Waals surface area contributed by atoms with Crippen molar-refractivity contribution in [2.24, 2.45) is 5.73 Å². The van der Waals surface area contributed by atoms with E-state index in [1.165, 1.54) is 19.1 Å². The van der Waals surface area contributed by atoms with Crippen molar-refractivity contribution in [1.29, 1.82) is 0 Å². The summed E-state index contributed by atoms with van der Waals surface area (Å²) in [6.07, 6.45) is 0. The number of nitrogens with zero attached hydrogens (tertiary/aromatic N) is 1. The fourth-order valence-electron chi connectivity index (χ4n) is 1.02. The number of benzene rings is 1. The summed E-state index contributed by atoms with van der Waals surface area (Å²) in [6.45, 7) is 1.46. The standard InChI is InChI=1S/C9H11N3O4/c1-5(10)9(14)11-7-3-2-6(13)4-8(7)12(15)16/h2-5,13H,10H2,1H3,(H,11,14)/t5-/m1/s1. The van der Waals surface area contributed by atoms with Crippen LogP contribution in [-0.2, 0) is 4.79 Å². The van der Waals surface area contributed by atoms with Crippen LogP contribution in [0.4, 0.5) is 11.4 Å². The van der Waals surface area contributed by atoms with E-state index in [9.17, 15) is 14.9 Å². The third-order valence-corrected chi connectivity index (χ3v) is 1.85. The van der Waals surface area contributed by atoms with Crippen molar-refractivity contribution in [2.45, 2.75) is 13.0 Å². The van der Waals surface area contributed by atoms with Crippen LogP contribution in [0.5, 0.6) is 5.75 Å². The Hall–Kier alpha value is -2.15. The SMILES string of the molecule is C[C@@H](N)C(=O)Nc1ccc(O)cc1[N+](=O)[O-]. The first-order chi connectivity index (χ1) is 7.41. The smallest absolute Gasteiger partial charge is 0.296 e. The predicted molar refractivity (Wildman–Crippen MR) is 57.0 cm³/mol. The third-order valence-electron chi connectivity index (χ3n) is 1.85. The number of hydrogen-bond donors (Lipinski definition) is 3. The highest BCUT2D eigenvalue weighted by Crippen LogP contribution is 2.28. The molecule has 0 saturated carbocycles. The minimum atomic E-state index is -0.770. The van der Waals surface area contributed by atoms with Crippen LogP contribution in [0.15, 0.2) is 18.2 Å². The molecular weight excluding hydrogens is 214 g/mol. The van der Waals surface area contributed by atoms with Crippen molar-refractivity contribution in [3.8, 4) is 5.75 Å². The Kier molecular flexibility index (Phi) is 3.41. The lowest BCUT2D eigenvalue weighted by atomic mass is 10.2. The molecule has 0 spiro atoms. The zero-order chi connectivity index (χ0) is 12.3. The van der Waals surface area contributed by atoms with Crippen molar-refractivity contribution in [3.63, 3.8) is 0 Å². The van der Waals surface area contributed by atoms with E-state index in [-0.39, 0.29) is 17.1 Å². The van der Waals surface area contributed by atoms with Crippen LogP contribution in [0.2, 0.25) is 0 Å². The number of nitrogens with one attached hydrogen (secondary N) is 1. The Morgan fingerprint density at radius 2 is 2.25 bits per heavy atom. The maximum Gasteiger partial charge on any atom is 0.296 e. The molecule has 0 heterocycles. The van der Waals surface area contributed by atoms with Crippen molar-refractivity contribution in [2.75, 3.05) is 5.32 Å². The quantitative estimate of drug-likeness (QED) is 0.395. The lowest BCUT2D eigenvalue weighted by Gasteiger charge is -2.08. The van der Waals surface area contributed by atoms with Gasteiger partial charge in [-0.2, -0.15) is 0 Å². The maximum atomic E-state index is 11.3. The Morgan fingerprint density at radius 1 is 1.62 bits per heavy atom. The molecule has 1 aromatic rings. The molecule has 1 amide bonds. The zero-order valence-electron chi connectivity index (χ0n) is 8.51. The van der Waals surface area contributed by atoms with Crippen LogP contribution >= 0.6 is 0 Å². The van der Waals surface area contributed by atoms with E-state index in [0.717, 1.165) is 6.07 Å². The number of nitrogens with two attached hydrogens (primary N) is 1. The molecule has 0 aliphatic rings. The molecule has 0 aliphatic carbocycles. The molecule has 0 fully saturated rings. The first-order valence-corrected chi connectivity index (χ1v) is 4.45. The molecule has 0 radical (unpaired) electrons. The molecule has 0 unspecified atom stereocenters. The van der Waals surface area contributed by atoms with Crippen LogP contribution in [0.3, 0.4) is 0 Å². The highest BCUT2D eigenvalue weighted by atomic mass is 16.6. The number of amides is 1. The second kappa shape index (κ2) is 4.58. The number of carbonyl (C=O) groups is 1. The summed E-state index contributed by atoms with van der Waals surface area (Å²) in [7, 11) is 0. The topological polar surface area (TPSA) is 118 Å². The summed E-state index contributed by atoms with van der Waals surface area (Å²) in [5.41, 5.74) is 4.93. The highest BCUT2D eigenvalue weighted by Gasteiger charge is 2.17. The number of hydrogen-bond acceptors (Lipinski definition) is 5. The van der Waals surface area contributed by atoms with Gasteiger partial charge in [-0.25, -0.2) is 0 Å². The van der Waals surface area contributed by atoms with Gasteiger partial charge < -0.3 is 16.2 Å². The molecule has 0 aliphatic heterocycles. The van der Waals surface area contributed by atoms with Gasteiger partial charge in [-0.1, -0.05) is 0 Å². The van der Waals surface area contributed by atoms with Gasteiger partial charge in [-0.3, -0.25) is 14.9 Å². The fraction of sp³-hybridized carbons (Fsp3) is 0.222. The summed E-state index contributed by atoms with van der Waals surface area (Å²) < 4.78 is 0. The van der Waals surface area contributed by atoms with E-state index >= 15 is 0 Å². The lowest BCUT2D eigenvalue weighted by Crippen LogP contribution is -2.32. The van der Waals surface area contributed by atoms with E-state index in [0.29, 0.717) is 0 Å². The van der Waals surface area contributed by atoms with Crippen molar-refractivity contribution in [1.82, 2.24) is 0 Å². The van der Waals surface area contributed by atoms with E-state index in [4.69, 9.17) is 10.8 Å². The Balaban J connectivity index is 3.04. The Morgan fingerprint density at radius 3 is 2.75 bits per heavy atom. The van der Waals surface area contributed by atoms with Crippen molar-refractivity contribution in [3.05, 3.63) is 28.3 Å². The predicted octanol–water partition coefficient (Wildman–Crippen LogP) is 0.586. The van der Waals surface area contributed by atoms with E-state index in [1.54, 1.807) is 0 Å². The van der Waals surface area contributed by atoms with Gasteiger partial charge in [-0.15, -0.1) is 0 Å². The number of aromatic hydroxyl groups is 1. The van der Waals surface area contributed by atoms with Crippen LogP contribution in [0.1, 0.15) is 6.92 Å². The van der Waals surface area contributed by atoms with Gasteiger partial charge in [0.1, 0.15) is 11.4 Å². The summed E-state index contributed by atoms with van der Waals surface area (Å²) in [5.74, 6) is -0.778. The number of rotatable bonds is 3. The third kappa shape index (κ3) is 2.67. The number of carbonyl (C=O) groups excluding carboxylic acids is 1. The van der Waals surface area contributed by atoms with Crippen molar-refractivity contribution >= 4 is 17.3 Å². The zero-order valence-corrected chi connectivity index (χ0v) is 8.51. The molecule has 7 nitrogen and oxygen atoms in total. The van der Waals surface area contributed by atoms with Gasteiger partial charge in [-0.05, 0) is 19.1 Å². The molecule has 1 aromatic carbocycles. The second-order valence-electron chi connectivity index (χ2n) is 3.24. The van der Waals surface area contributed by atoms with Gasteiger partial charge in [0.15, 0.2) is 0 Å². The minimum absolute atomic E-state index is 0.00472. The molecule has 1 rings (SSSR count). The van der Waals surface area contributed by atoms with Gasteiger partial charge in [0.2, 0.25) is 5.91 Å². The van der Waals surface area contributed by atoms with E-state index < -0.39 is 16.9 Å². The van der Waals surface area contributed by atoms with Crippen molar-refractivity contribution < 1.29 is 14.8 Å². The first-order valence-electron chi connectivity index (χ1n) is 4.45. The monoisotopic (exact) mass is 225 g/mol. The molecule has 86 valence electrons.